The zero-order valence-electron chi connectivity index (χ0n) is 15.4. The van der Waals surface area contributed by atoms with Crippen LogP contribution in [0.5, 0.6) is 0 Å². The van der Waals surface area contributed by atoms with Crippen LogP contribution >= 0.6 is 11.3 Å². The summed E-state index contributed by atoms with van der Waals surface area (Å²) in [5.74, 6) is 0.417. The van der Waals surface area contributed by atoms with E-state index in [1.807, 2.05) is 42.5 Å². The quantitative estimate of drug-likeness (QED) is 0.567. The minimum absolute atomic E-state index is 0.0507. The molecule has 0 radical (unpaired) electrons. The Kier molecular flexibility index (Phi) is 4.33. The highest BCUT2D eigenvalue weighted by Crippen LogP contribution is 2.28. The number of fused-ring (bicyclic) bond motifs is 3. The molecule has 0 bridgehead atoms. The second-order valence-corrected chi connectivity index (χ2v) is 7.60. The Morgan fingerprint density at radius 3 is 2.66 bits per heavy atom. The van der Waals surface area contributed by atoms with Crippen LogP contribution in [-0.2, 0) is 17.8 Å². The summed E-state index contributed by atoms with van der Waals surface area (Å²) in [6.07, 6.45) is 0.168. The molecule has 1 aliphatic rings. The van der Waals surface area contributed by atoms with Gasteiger partial charge in [-0.1, -0.05) is 30.3 Å². The predicted molar refractivity (Wildman–Crippen MR) is 112 cm³/mol. The van der Waals surface area contributed by atoms with Gasteiger partial charge >= 0.3 is 0 Å². The zero-order valence-corrected chi connectivity index (χ0v) is 16.2. The lowest BCUT2D eigenvalue weighted by Gasteiger charge is -2.12. The standard InChI is InChI=1S/C21H17N5O2S/c27-18(26-11-10-25-17-9-5-4-8-16(17)23-21(25)26)12-15-13-29-20(22-15)24-19(28)14-6-2-1-3-7-14/h1-9,13H,10-12H2,(H,22,24,28). The van der Waals surface area contributed by atoms with Crippen molar-refractivity contribution in [3.63, 3.8) is 0 Å². The Morgan fingerprint density at radius 1 is 1.00 bits per heavy atom. The van der Waals surface area contributed by atoms with Crippen molar-refractivity contribution in [2.75, 3.05) is 16.8 Å². The average molecular weight is 403 g/mol. The summed E-state index contributed by atoms with van der Waals surface area (Å²) >= 11 is 1.31. The Labute approximate surface area is 170 Å². The first-order valence-electron chi connectivity index (χ1n) is 9.25. The molecular weight excluding hydrogens is 386 g/mol. The van der Waals surface area contributed by atoms with Crippen LogP contribution in [0, 0.1) is 0 Å². The summed E-state index contributed by atoms with van der Waals surface area (Å²) < 4.78 is 2.07. The van der Waals surface area contributed by atoms with E-state index in [1.54, 1.807) is 22.4 Å². The van der Waals surface area contributed by atoms with E-state index in [9.17, 15) is 9.59 Å². The monoisotopic (exact) mass is 403 g/mol. The fourth-order valence-electron chi connectivity index (χ4n) is 3.48. The normalized spacial score (nSPS) is 12.9. The van der Waals surface area contributed by atoms with Crippen LogP contribution < -0.4 is 10.2 Å². The molecule has 3 heterocycles. The molecule has 0 saturated heterocycles. The number of hydrogen-bond acceptors (Lipinski definition) is 5. The van der Waals surface area contributed by atoms with Crippen molar-refractivity contribution in [3.8, 4) is 0 Å². The third-order valence-electron chi connectivity index (χ3n) is 4.86. The van der Waals surface area contributed by atoms with E-state index in [4.69, 9.17) is 0 Å². The maximum absolute atomic E-state index is 12.9. The first kappa shape index (κ1) is 17.6. The number of rotatable bonds is 4. The van der Waals surface area contributed by atoms with Crippen LogP contribution in [0.1, 0.15) is 16.1 Å². The lowest BCUT2D eigenvalue weighted by Crippen LogP contribution is -2.31. The van der Waals surface area contributed by atoms with Gasteiger partial charge < -0.3 is 4.57 Å². The third-order valence-corrected chi connectivity index (χ3v) is 5.67. The Hall–Kier alpha value is -3.52. The Morgan fingerprint density at radius 2 is 1.79 bits per heavy atom. The number of thiazole rings is 1. The highest BCUT2D eigenvalue weighted by Gasteiger charge is 2.28. The van der Waals surface area contributed by atoms with Crippen LogP contribution in [-0.4, -0.2) is 32.9 Å². The summed E-state index contributed by atoms with van der Waals surface area (Å²) in [6, 6.07) is 16.8. The van der Waals surface area contributed by atoms with Gasteiger partial charge in [0.1, 0.15) is 0 Å². The van der Waals surface area contributed by atoms with Crippen molar-refractivity contribution in [2.24, 2.45) is 0 Å². The number of carbonyl (C=O) groups excluding carboxylic acids is 2. The van der Waals surface area contributed by atoms with Crippen molar-refractivity contribution in [1.82, 2.24) is 14.5 Å². The van der Waals surface area contributed by atoms with E-state index in [0.717, 1.165) is 17.6 Å². The number of amides is 2. The number of nitrogens with one attached hydrogen (secondary N) is 1. The highest BCUT2D eigenvalue weighted by atomic mass is 32.1. The molecule has 29 heavy (non-hydrogen) atoms. The molecule has 0 spiro atoms. The van der Waals surface area contributed by atoms with E-state index >= 15 is 0 Å². The fourth-order valence-corrected chi connectivity index (χ4v) is 4.19. The Bertz CT molecular complexity index is 1210. The molecule has 0 fully saturated rings. The number of carbonyl (C=O) groups is 2. The second-order valence-electron chi connectivity index (χ2n) is 6.74. The lowest BCUT2D eigenvalue weighted by molar-refractivity contribution is -0.117. The minimum atomic E-state index is -0.217. The zero-order chi connectivity index (χ0) is 19.8. The summed E-state index contributed by atoms with van der Waals surface area (Å²) in [5, 5.41) is 5.07. The van der Waals surface area contributed by atoms with Crippen LogP contribution in [0.3, 0.4) is 0 Å². The van der Waals surface area contributed by atoms with Crippen LogP contribution in [0.2, 0.25) is 0 Å². The maximum atomic E-state index is 12.9. The van der Waals surface area contributed by atoms with Crippen LogP contribution in [0.15, 0.2) is 60.0 Å². The number of imidazole rings is 1. The van der Waals surface area contributed by atoms with Gasteiger partial charge in [-0.3, -0.25) is 19.8 Å². The summed E-state index contributed by atoms with van der Waals surface area (Å²) in [5.41, 5.74) is 3.13. The second kappa shape index (κ2) is 7.14. The molecule has 2 aromatic heterocycles. The first-order valence-corrected chi connectivity index (χ1v) is 10.1. The number of benzene rings is 2. The molecule has 5 rings (SSSR count). The first-order chi connectivity index (χ1) is 14.2. The molecule has 0 aliphatic carbocycles. The molecule has 1 N–H and O–H groups in total. The molecule has 0 unspecified atom stereocenters. The van der Waals surface area contributed by atoms with E-state index in [0.29, 0.717) is 28.9 Å². The number of anilines is 2. The summed E-state index contributed by atoms with van der Waals surface area (Å²) in [6.45, 7) is 1.34. The van der Waals surface area contributed by atoms with Gasteiger partial charge in [-0.2, -0.15) is 0 Å². The molecule has 2 amide bonds. The largest absolute Gasteiger partial charge is 0.308 e. The molecule has 0 atom stereocenters. The van der Waals surface area contributed by atoms with Gasteiger partial charge in [-0.25, -0.2) is 9.97 Å². The minimum Gasteiger partial charge on any atom is -0.308 e. The van der Waals surface area contributed by atoms with E-state index in [2.05, 4.69) is 19.9 Å². The van der Waals surface area contributed by atoms with Crippen LogP contribution in [0.4, 0.5) is 11.1 Å². The molecule has 144 valence electrons. The van der Waals surface area contributed by atoms with Crippen molar-refractivity contribution in [1.29, 1.82) is 0 Å². The lowest BCUT2D eigenvalue weighted by atomic mass is 10.2. The van der Waals surface area contributed by atoms with Crippen molar-refractivity contribution >= 4 is 45.3 Å². The van der Waals surface area contributed by atoms with Gasteiger partial charge in [0.15, 0.2) is 5.13 Å². The van der Waals surface area contributed by atoms with Gasteiger partial charge in [-0.05, 0) is 24.3 Å². The summed E-state index contributed by atoms with van der Waals surface area (Å²) in [4.78, 5) is 35.8. The molecule has 4 aromatic rings. The van der Waals surface area contributed by atoms with Crippen molar-refractivity contribution < 1.29 is 9.59 Å². The van der Waals surface area contributed by atoms with Crippen LogP contribution in [0.25, 0.3) is 11.0 Å². The maximum Gasteiger partial charge on any atom is 0.257 e. The molecule has 1 aliphatic heterocycles. The van der Waals surface area contributed by atoms with Gasteiger partial charge in [0.05, 0.1) is 23.1 Å². The Balaban J connectivity index is 1.29. The highest BCUT2D eigenvalue weighted by molar-refractivity contribution is 7.14. The summed E-state index contributed by atoms with van der Waals surface area (Å²) in [7, 11) is 0. The topological polar surface area (TPSA) is 80.1 Å². The van der Waals surface area contributed by atoms with Gasteiger partial charge in [0.25, 0.3) is 5.91 Å². The number of nitrogens with zero attached hydrogens (tertiary/aromatic N) is 4. The number of para-hydroxylation sites is 2. The van der Waals surface area contributed by atoms with E-state index < -0.39 is 0 Å². The van der Waals surface area contributed by atoms with Crippen molar-refractivity contribution in [3.05, 3.63) is 71.2 Å². The fraction of sp³-hybridized carbons (Fsp3) is 0.143. The van der Waals surface area contributed by atoms with E-state index in [1.165, 1.54) is 11.3 Å². The molecule has 8 heteroatoms. The van der Waals surface area contributed by atoms with E-state index in [-0.39, 0.29) is 18.2 Å². The number of aromatic nitrogens is 3. The third kappa shape index (κ3) is 3.27. The predicted octanol–water partition coefficient (Wildman–Crippen LogP) is 3.33. The SMILES string of the molecule is O=C(Nc1nc(CC(=O)N2CCn3c2nc2ccccc23)cs1)c1ccccc1. The van der Waals surface area contributed by atoms with Gasteiger partial charge in [0.2, 0.25) is 11.9 Å². The number of hydrogen-bond donors (Lipinski definition) is 1. The molecule has 7 nitrogen and oxygen atoms in total. The smallest absolute Gasteiger partial charge is 0.257 e. The molecule has 0 saturated carbocycles. The van der Waals surface area contributed by atoms with Crippen molar-refractivity contribution in [2.45, 2.75) is 13.0 Å². The van der Waals surface area contributed by atoms with Gasteiger partial charge in [-0.15, -0.1) is 11.3 Å². The average Bonchev–Trinajstić information content (AvgIpc) is 3.44. The molecular formula is C21H17N5O2S. The van der Waals surface area contributed by atoms with Gasteiger partial charge in [0, 0.05) is 24.0 Å². The molecule has 2 aromatic carbocycles.